The van der Waals surface area contributed by atoms with Gasteiger partial charge in [0.1, 0.15) is 5.60 Å². The van der Waals surface area contributed by atoms with Crippen LogP contribution in [0.5, 0.6) is 0 Å². The molecule has 0 aromatic carbocycles. The minimum absolute atomic E-state index is 0.0153. The predicted molar refractivity (Wildman–Crippen MR) is 65.3 cm³/mol. The van der Waals surface area contributed by atoms with E-state index in [9.17, 15) is 13.6 Å². The highest BCUT2D eigenvalue weighted by atomic mass is 19.3. The fourth-order valence-electron chi connectivity index (χ4n) is 1.82. The normalized spacial score (nSPS) is 24.3. The van der Waals surface area contributed by atoms with Crippen molar-refractivity contribution in [2.24, 2.45) is 4.99 Å². The number of halogens is 2. The van der Waals surface area contributed by atoms with Crippen LogP contribution in [0, 0.1) is 0 Å². The minimum Gasteiger partial charge on any atom is -0.444 e. The molecule has 1 fully saturated rings. The number of hydrogen-bond acceptors (Lipinski definition) is 3. The molecule has 1 saturated heterocycles. The van der Waals surface area contributed by atoms with Gasteiger partial charge in [-0.2, -0.15) is 0 Å². The fourth-order valence-corrected chi connectivity index (χ4v) is 1.82. The van der Waals surface area contributed by atoms with Crippen molar-refractivity contribution in [1.29, 1.82) is 0 Å². The molecule has 4 nitrogen and oxygen atoms in total. The van der Waals surface area contributed by atoms with Gasteiger partial charge < -0.3 is 4.74 Å². The number of carbonyl (C=O) groups is 1. The smallest absolute Gasteiger partial charge is 0.410 e. The average Bonchev–Trinajstić information content (AvgIpc) is 2.13. The van der Waals surface area contributed by atoms with Gasteiger partial charge >= 0.3 is 6.09 Å². The molecule has 1 aliphatic rings. The van der Waals surface area contributed by atoms with Gasteiger partial charge in [0.05, 0.1) is 6.04 Å². The molecule has 1 atom stereocenters. The predicted octanol–water partition coefficient (Wildman–Crippen LogP) is 2.72. The third kappa shape index (κ3) is 4.23. The number of aliphatic imine (C=N–C) groups is 1. The van der Waals surface area contributed by atoms with E-state index in [4.69, 9.17) is 4.74 Å². The zero-order chi connectivity index (χ0) is 14.0. The van der Waals surface area contributed by atoms with Gasteiger partial charge in [0.2, 0.25) is 0 Å². The molecule has 104 valence electrons. The van der Waals surface area contributed by atoms with E-state index in [1.165, 1.54) is 18.2 Å². The van der Waals surface area contributed by atoms with E-state index in [0.29, 0.717) is 0 Å². The maximum atomic E-state index is 13.3. The molecule has 0 radical (unpaired) electrons. The number of piperidine rings is 1. The van der Waals surface area contributed by atoms with Gasteiger partial charge in [-0.05, 0) is 20.8 Å². The molecule has 0 aromatic rings. The van der Waals surface area contributed by atoms with Crippen molar-refractivity contribution in [3.63, 3.8) is 0 Å². The molecule has 1 amide bonds. The lowest BCUT2D eigenvalue weighted by Gasteiger charge is -2.38. The molecule has 0 aromatic heterocycles. The van der Waals surface area contributed by atoms with Crippen molar-refractivity contribution in [3.8, 4) is 0 Å². The monoisotopic (exact) mass is 262 g/mol. The molecule has 1 unspecified atom stereocenters. The Morgan fingerprint density at radius 3 is 2.61 bits per heavy atom. The molecule has 0 bridgehead atoms. The molecule has 0 spiro atoms. The Bertz CT molecular complexity index is 337. The second kappa shape index (κ2) is 5.20. The van der Waals surface area contributed by atoms with E-state index < -0.39 is 30.1 Å². The first-order valence-corrected chi connectivity index (χ1v) is 5.94. The zero-order valence-corrected chi connectivity index (χ0v) is 11.2. The summed E-state index contributed by atoms with van der Waals surface area (Å²) in [6.45, 7) is 5.21. The Kier molecular flexibility index (Phi) is 4.29. The lowest BCUT2D eigenvalue weighted by atomic mass is 10.00. The summed E-state index contributed by atoms with van der Waals surface area (Å²) in [5, 5.41) is 0. The number of rotatable bonds is 1. The van der Waals surface area contributed by atoms with Crippen LogP contribution in [-0.2, 0) is 4.74 Å². The summed E-state index contributed by atoms with van der Waals surface area (Å²) >= 11 is 0. The molecule has 1 aliphatic heterocycles. The van der Waals surface area contributed by atoms with Crippen molar-refractivity contribution in [3.05, 3.63) is 0 Å². The highest BCUT2D eigenvalue weighted by Crippen LogP contribution is 2.32. The number of ether oxygens (including phenoxy) is 1. The lowest BCUT2D eigenvalue weighted by Crippen LogP contribution is -2.51. The van der Waals surface area contributed by atoms with E-state index in [2.05, 4.69) is 4.99 Å². The third-order valence-electron chi connectivity index (χ3n) is 2.58. The maximum Gasteiger partial charge on any atom is 0.410 e. The SMILES string of the molecule is C/N=C/C1CC(F)(F)CCN1C(=O)OC(C)(C)C. The summed E-state index contributed by atoms with van der Waals surface area (Å²) < 4.78 is 31.8. The van der Waals surface area contributed by atoms with E-state index in [-0.39, 0.29) is 13.0 Å². The minimum atomic E-state index is -2.75. The molecular weight excluding hydrogens is 242 g/mol. The molecule has 6 heteroatoms. The van der Waals surface area contributed by atoms with Gasteiger partial charge in [0.25, 0.3) is 5.92 Å². The molecule has 0 N–H and O–H groups in total. The number of amides is 1. The van der Waals surface area contributed by atoms with Crippen LogP contribution >= 0.6 is 0 Å². The van der Waals surface area contributed by atoms with Crippen molar-refractivity contribution in [1.82, 2.24) is 4.90 Å². The van der Waals surface area contributed by atoms with Crippen LogP contribution in [0.25, 0.3) is 0 Å². The summed E-state index contributed by atoms with van der Waals surface area (Å²) in [6.07, 6.45) is 0.0730. The number of carbonyl (C=O) groups excluding carboxylic acids is 1. The van der Waals surface area contributed by atoms with Gasteiger partial charge in [0, 0.05) is 32.6 Å². The molecule has 0 saturated carbocycles. The van der Waals surface area contributed by atoms with E-state index in [1.807, 2.05) is 0 Å². The average molecular weight is 262 g/mol. The molecule has 18 heavy (non-hydrogen) atoms. The van der Waals surface area contributed by atoms with E-state index in [0.717, 1.165) is 0 Å². The lowest BCUT2D eigenvalue weighted by molar-refractivity contribution is -0.0676. The van der Waals surface area contributed by atoms with Gasteiger partial charge in [-0.1, -0.05) is 0 Å². The van der Waals surface area contributed by atoms with Gasteiger partial charge in [-0.3, -0.25) is 9.89 Å². The number of alkyl halides is 2. The Morgan fingerprint density at radius 1 is 1.50 bits per heavy atom. The van der Waals surface area contributed by atoms with E-state index in [1.54, 1.807) is 20.8 Å². The molecule has 1 rings (SSSR count). The first-order chi connectivity index (χ1) is 8.14. The van der Waals surface area contributed by atoms with Gasteiger partial charge in [-0.15, -0.1) is 0 Å². The second-order valence-corrected chi connectivity index (χ2v) is 5.46. The molecule has 0 aliphatic carbocycles. The fraction of sp³-hybridized carbons (Fsp3) is 0.833. The number of likely N-dealkylation sites (tertiary alicyclic amines) is 1. The van der Waals surface area contributed by atoms with Crippen molar-refractivity contribution in [2.45, 2.75) is 51.2 Å². The van der Waals surface area contributed by atoms with Crippen LogP contribution in [0.15, 0.2) is 4.99 Å². The van der Waals surface area contributed by atoms with E-state index >= 15 is 0 Å². The summed E-state index contributed by atoms with van der Waals surface area (Å²) in [5.41, 5.74) is -0.634. The Morgan fingerprint density at radius 2 is 2.11 bits per heavy atom. The van der Waals surface area contributed by atoms with Crippen LogP contribution < -0.4 is 0 Å². The summed E-state index contributed by atoms with van der Waals surface area (Å²) in [4.78, 5) is 17.0. The highest BCUT2D eigenvalue weighted by Gasteiger charge is 2.42. The standard InChI is InChI=1S/C12H20F2N2O2/c1-11(2,3)18-10(17)16-6-5-12(13,14)7-9(16)8-15-4/h8-9H,5-7H2,1-4H3/b15-8+. The van der Waals surface area contributed by atoms with Crippen molar-refractivity contribution >= 4 is 12.3 Å². The first kappa shape index (κ1) is 14.9. The first-order valence-electron chi connectivity index (χ1n) is 5.94. The maximum absolute atomic E-state index is 13.3. The van der Waals surface area contributed by atoms with Gasteiger partial charge in [-0.25, -0.2) is 13.6 Å². The number of nitrogens with zero attached hydrogens (tertiary/aromatic N) is 2. The van der Waals surface area contributed by atoms with Crippen molar-refractivity contribution in [2.75, 3.05) is 13.6 Å². The summed E-state index contributed by atoms with van der Waals surface area (Å²) in [5.74, 6) is -2.75. The van der Waals surface area contributed by atoms with Crippen LogP contribution in [0.3, 0.4) is 0 Å². The largest absolute Gasteiger partial charge is 0.444 e. The zero-order valence-electron chi connectivity index (χ0n) is 11.2. The summed E-state index contributed by atoms with van der Waals surface area (Å²) in [6, 6.07) is -0.700. The quantitative estimate of drug-likeness (QED) is 0.682. The highest BCUT2D eigenvalue weighted by molar-refractivity contribution is 5.76. The summed E-state index contributed by atoms with van der Waals surface area (Å²) in [7, 11) is 1.50. The molecule has 1 heterocycles. The Balaban J connectivity index is 2.77. The van der Waals surface area contributed by atoms with Crippen molar-refractivity contribution < 1.29 is 18.3 Å². The number of hydrogen-bond donors (Lipinski definition) is 0. The Labute approximate surface area is 106 Å². The van der Waals surface area contributed by atoms with Gasteiger partial charge in [0.15, 0.2) is 0 Å². The van der Waals surface area contributed by atoms with Crippen LogP contribution in [-0.4, -0.2) is 48.4 Å². The third-order valence-corrected chi connectivity index (χ3v) is 2.58. The van der Waals surface area contributed by atoms with Crippen LogP contribution in [0.4, 0.5) is 13.6 Å². The topological polar surface area (TPSA) is 41.9 Å². The molecular formula is C12H20F2N2O2. The van der Waals surface area contributed by atoms with Crippen LogP contribution in [0.2, 0.25) is 0 Å². The van der Waals surface area contributed by atoms with Crippen LogP contribution in [0.1, 0.15) is 33.6 Å². The second-order valence-electron chi connectivity index (χ2n) is 5.46. The Hall–Kier alpha value is -1.20.